The van der Waals surface area contributed by atoms with Gasteiger partial charge in [0.05, 0.1) is 0 Å². The van der Waals surface area contributed by atoms with Gasteiger partial charge in [0.25, 0.3) is 0 Å². The van der Waals surface area contributed by atoms with Crippen molar-refractivity contribution in [1.82, 2.24) is 9.97 Å². The molecule has 21 heavy (non-hydrogen) atoms. The van der Waals surface area contributed by atoms with Crippen LogP contribution in [0, 0.1) is 5.41 Å². The van der Waals surface area contributed by atoms with Crippen LogP contribution < -0.4 is 15.5 Å². The lowest BCUT2D eigenvalue weighted by atomic mass is 10.2. The number of nitrogen functional groups attached to an aromatic ring is 1. The molecule has 0 aliphatic carbocycles. The molecule has 0 amide bonds. The van der Waals surface area contributed by atoms with E-state index in [2.05, 4.69) is 19.8 Å². The van der Waals surface area contributed by atoms with Gasteiger partial charge < -0.3 is 15.5 Å². The Hall–Kier alpha value is -2.63. The Balaban J connectivity index is 1.68. The van der Waals surface area contributed by atoms with Gasteiger partial charge in [0.2, 0.25) is 0 Å². The number of hydrogen-bond acceptors (Lipinski definition) is 5. The maximum Gasteiger partial charge on any atom is 0.129 e. The van der Waals surface area contributed by atoms with Gasteiger partial charge >= 0.3 is 0 Å². The third-order valence-corrected chi connectivity index (χ3v) is 3.63. The van der Waals surface area contributed by atoms with E-state index in [0.717, 1.165) is 37.8 Å². The molecule has 0 radical (unpaired) electrons. The average molecular weight is 282 g/mol. The molecule has 3 rings (SSSR count). The van der Waals surface area contributed by atoms with Crippen molar-refractivity contribution < 1.29 is 0 Å². The maximum atomic E-state index is 7.51. The molecule has 0 atom stereocenters. The van der Waals surface area contributed by atoms with Crippen LogP contribution in [0.5, 0.6) is 0 Å². The number of nitrogens with zero attached hydrogens (tertiary/aromatic N) is 4. The van der Waals surface area contributed by atoms with E-state index >= 15 is 0 Å². The van der Waals surface area contributed by atoms with E-state index in [0.29, 0.717) is 5.56 Å². The highest BCUT2D eigenvalue weighted by atomic mass is 15.3. The van der Waals surface area contributed by atoms with E-state index in [-0.39, 0.29) is 5.84 Å². The number of piperazine rings is 1. The standard InChI is InChI=1S/C15H18N6/c16-15(17)12-4-6-19-14(11-12)21-9-7-20(8-10-21)13-3-1-2-5-18-13/h1-6,11H,7-10H2,(H3,16,17). The van der Waals surface area contributed by atoms with Gasteiger partial charge in [0, 0.05) is 44.1 Å². The number of nitrogens with two attached hydrogens (primary N) is 1. The van der Waals surface area contributed by atoms with Crippen LogP contribution in [0.25, 0.3) is 0 Å². The highest BCUT2D eigenvalue weighted by molar-refractivity contribution is 5.95. The first-order valence-corrected chi connectivity index (χ1v) is 6.95. The summed E-state index contributed by atoms with van der Waals surface area (Å²) in [5.74, 6) is 1.97. The molecule has 1 fully saturated rings. The number of anilines is 2. The molecule has 6 nitrogen and oxygen atoms in total. The van der Waals surface area contributed by atoms with E-state index in [1.807, 2.05) is 30.5 Å². The summed E-state index contributed by atoms with van der Waals surface area (Å²) in [5, 5.41) is 7.51. The Morgan fingerprint density at radius 1 is 0.952 bits per heavy atom. The molecule has 2 aromatic rings. The van der Waals surface area contributed by atoms with Gasteiger partial charge in [-0.25, -0.2) is 9.97 Å². The van der Waals surface area contributed by atoms with Gasteiger partial charge in [-0.2, -0.15) is 0 Å². The summed E-state index contributed by atoms with van der Waals surface area (Å²) in [6.45, 7) is 3.57. The van der Waals surface area contributed by atoms with Crippen LogP contribution in [-0.2, 0) is 0 Å². The van der Waals surface area contributed by atoms with E-state index in [1.54, 1.807) is 12.3 Å². The van der Waals surface area contributed by atoms with Gasteiger partial charge in [0.1, 0.15) is 17.5 Å². The van der Waals surface area contributed by atoms with Gasteiger partial charge in [-0.05, 0) is 24.3 Å². The van der Waals surface area contributed by atoms with Crippen LogP contribution >= 0.6 is 0 Å². The average Bonchev–Trinajstić information content (AvgIpc) is 2.56. The second-order valence-electron chi connectivity index (χ2n) is 4.98. The summed E-state index contributed by atoms with van der Waals surface area (Å²) < 4.78 is 0. The normalized spacial score (nSPS) is 15.0. The van der Waals surface area contributed by atoms with Crippen molar-refractivity contribution in [2.75, 3.05) is 36.0 Å². The van der Waals surface area contributed by atoms with Gasteiger partial charge in [-0.15, -0.1) is 0 Å². The molecule has 0 aromatic carbocycles. The topological polar surface area (TPSA) is 82.1 Å². The van der Waals surface area contributed by atoms with Crippen molar-refractivity contribution in [3.05, 3.63) is 48.3 Å². The van der Waals surface area contributed by atoms with Crippen LogP contribution in [0.2, 0.25) is 0 Å². The monoisotopic (exact) mass is 282 g/mol. The van der Waals surface area contributed by atoms with E-state index in [4.69, 9.17) is 11.1 Å². The van der Waals surface area contributed by atoms with Crippen LogP contribution in [0.4, 0.5) is 11.6 Å². The summed E-state index contributed by atoms with van der Waals surface area (Å²) in [5.41, 5.74) is 6.25. The lowest BCUT2D eigenvalue weighted by molar-refractivity contribution is 0.642. The number of nitrogens with one attached hydrogen (secondary N) is 1. The Labute approximate surface area is 123 Å². The quantitative estimate of drug-likeness (QED) is 0.650. The molecule has 3 heterocycles. The SMILES string of the molecule is N=C(N)c1ccnc(N2CCN(c3ccccn3)CC2)c1. The third-order valence-electron chi connectivity index (χ3n) is 3.63. The first-order valence-electron chi connectivity index (χ1n) is 6.95. The molecular formula is C15H18N6. The molecule has 108 valence electrons. The first kappa shape index (κ1) is 13.4. The third kappa shape index (κ3) is 2.94. The summed E-state index contributed by atoms with van der Waals surface area (Å²) in [6, 6.07) is 9.60. The van der Waals surface area contributed by atoms with Crippen molar-refractivity contribution in [3.8, 4) is 0 Å². The molecule has 0 unspecified atom stereocenters. The largest absolute Gasteiger partial charge is 0.384 e. The Bertz CT molecular complexity index is 619. The van der Waals surface area contributed by atoms with Gasteiger partial charge in [-0.3, -0.25) is 5.41 Å². The zero-order chi connectivity index (χ0) is 14.7. The minimum Gasteiger partial charge on any atom is -0.384 e. The molecule has 3 N–H and O–H groups in total. The van der Waals surface area contributed by atoms with Crippen molar-refractivity contribution in [2.24, 2.45) is 5.73 Å². The van der Waals surface area contributed by atoms with E-state index < -0.39 is 0 Å². The Morgan fingerprint density at radius 2 is 1.62 bits per heavy atom. The predicted molar refractivity (Wildman–Crippen MR) is 83.9 cm³/mol. The first-order chi connectivity index (χ1) is 10.2. The maximum absolute atomic E-state index is 7.51. The van der Waals surface area contributed by atoms with Gasteiger partial charge in [0.15, 0.2) is 0 Å². The molecule has 1 aliphatic heterocycles. The van der Waals surface area contributed by atoms with Crippen molar-refractivity contribution in [3.63, 3.8) is 0 Å². The van der Waals surface area contributed by atoms with Crippen LogP contribution in [0.3, 0.4) is 0 Å². The number of aromatic nitrogens is 2. The van der Waals surface area contributed by atoms with Crippen molar-refractivity contribution >= 4 is 17.5 Å². The minimum absolute atomic E-state index is 0.0748. The van der Waals surface area contributed by atoms with Crippen LogP contribution in [0.15, 0.2) is 42.7 Å². The van der Waals surface area contributed by atoms with E-state index in [1.165, 1.54) is 0 Å². The molecular weight excluding hydrogens is 264 g/mol. The number of amidine groups is 1. The molecule has 6 heteroatoms. The number of hydrogen-bond donors (Lipinski definition) is 2. The lowest BCUT2D eigenvalue weighted by Gasteiger charge is -2.36. The highest BCUT2D eigenvalue weighted by Gasteiger charge is 2.19. The van der Waals surface area contributed by atoms with Crippen LogP contribution in [-0.4, -0.2) is 42.0 Å². The fraction of sp³-hybridized carbons (Fsp3) is 0.267. The van der Waals surface area contributed by atoms with Crippen molar-refractivity contribution in [1.29, 1.82) is 5.41 Å². The molecule has 1 aliphatic rings. The summed E-state index contributed by atoms with van der Waals surface area (Å²) in [7, 11) is 0. The smallest absolute Gasteiger partial charge is 0.129 e. The number of rotatable bonds is 3. The fourth-order valence-corrected chi connectivity index (χ4v) is 2.46. The summed E-state index contributed by atoms with van der Waals surface area (Å²) in [4.78, 5) is 13.3. The molecule has 0 bridgehead atoms. The predicted octanol–water partition coefficient (Wildman–Crippen LogP) is 1.09. The molecule has 0 saturated carbocycles. The Kier molecular flexibility index (Phi) is 3.68. The lowest BCUT2D eigenvalue weighted by Crippen LogP contribution is -2.47. The van der Waals surface area contributed by atoms with E-state index in [9.17, 15) is 0 Å². The fourth-order valence-electron chi connectivity index (χ4n) is 2.46. The highest BCUT2D eigenvalue weighted by Crippen LogP contribution is 2.17. The Morgan fingerprint density at radius 3 is 2.24 bits per heavy atom. The second-order valence-corrected chi connectivity index (χ2v) is 4.98. The molecule has 1 saturated heterocycles. The zero-order valence-corrected chi connectivity index (χ0v) is 11.7. The summed E-state index contributed by atoms with van der Waals surface area (Å²) >= 11 is 0. The molecule has 0 spiro atoms. The van der Waals surface area contributed by atoms with Crippen LogP contribution in [0.1, 0.15) is 5.56 Å². The summed E-state index contributed by atoms with van der Waals surface area (Å²) in [6.07, 6.45) is 3.52. The van der Waals surface area contributed by atoms with Crippen molar-refractivity contribution in [2.45, 2.75) is 0 Å². The zero-order valence-electron chi connectivity index (χ0n) is 11.7. The minimum atomic E-state index is 0.0748. The number of pyridine rings is 2. The van der Waals surface area contributed by atoms with Gasteiger partial charge in [-0.1, -0.05) is 6.07 Å². The molecule has 2 aromatic heterocycles. The second kappa shape index (κ2) is 5.78.